The van der Waals surface area contributed by atoms with Crippen LogP contribution in [-0.4, -0.2) is 17.1 Å². The second-order valence-corrected chi connectivity index (χ2v) is 2.63. The molecule has 1 heterocycles. The lowest BCUT2D eigenvalue weighted by Crippen LogP contribution is -1.90. The molecule has 1 aromatic rings. The highest BCUT2D eigenvalue weighted by Gasteiger charge is 1.90. The summed E-state index contributed by atoms with van der Waals surface area (Å²) < 4.78 is 5.75. The summed E-state index contributed by atoms with van der Waals surface area (Å²) in [6, 6.07) is 0.412. The van der Waals surface area contributed by atoms with E-state index in [4.69, 9.17) is 4.74 Å². The normalized spacial score (nSPS) is 9.11. The molecule has 0 aromatic carbocycles. The van der Waals surface area contributed by atoms with Crippen LogP contribution in [0, 0.1) is 3.57 Å². The molecule has 48 valence electrons. The molecule has 0 amide bonds. The fraction of sp³-hybridized carbons (Fsp3) is 0.200. The predicted molar refractivity (Wildman–Crippen MR) is 41.3 cm³/mol. The molecule has 0 aliphatic rings. The largest absolute Gasteiger partial charge is 0.467 e. The lowest BCUT2D eigenvalue weighted by Gasteiger charge is -1.93. The van der Waals surface area contributed by atoms with Gasteiger partial charge in [-0.25, -0.2) is 9.97 Å². The average molecular weight is 236 g/mol. The first-order valence-corrected chi connectivity index (χ1v) is 3.42. The maximum Gasteiger partial charge on any atom is 0.316 e. The van der Waals surface area contributed by atoms with Crippen molar-refractivity contribution < 1.29 is 4.74 Å². The van der Waals surface area contributed by atoms with Gasteiger partial charge in [-0.3, -0.25) is 0 Å². The van der Waals surface area contributed by atoms with E-state index < -0.39 is 0 Å². The Morgan fingerprint density at radius 3 is 2.44 bits per heavy atom. The molecule has 0 radical (unpaired) electrons. The van der Waals surface area contributed by atoms with Crippen molar-refractivity contribution in [2.75, 3.05) is 7.11 Å². The Balaban J connectivity index is 2.88. The fourth-order valence-electron chi connectivity index (χ4n) is 0.406. The van der Waals surface area contributed by atoms with Crippen molar-refractivity contribution in [2.24, 2.45) is 0 Å². The summed E-state index contributed by atoms with van der Waals surface area (Å²) in [4.78, 5) is 7.71. The number of methoxy groups -OCH3 is 1. The SMILES string of the molecule is COc1ncc(I)cn1. The number of aromatic nitrogens is 2. The smallest absolute Gasteiger partial charge is 0.316 e. The van der Waals surface area contributed by atoms with Crippen molar-refractivity contribution in [1.82, 2.24) is 9.97 Å². The molecule has 9 heavy (non-hydrogen) atoms. The van der Waals surface area contributed by atoms with Gasteiger partial charge in [0.05, 0.1) is 7.11 Å². The van der Waals surface area contributed by atoms with Crippen molar-refractivity contribution in [3.63, 3.8) is 0 Å². The van der Waals surface area contributed by atoms with Gasteiger partial charge in [0.15, 0.2) is 0 Å². The van der Waals surface area contributed by atoms with E-state index in [9.17, 15) is 0 Å². The number of rotatable bonds is 1. The number of hydrogen-bond acceptors (Lipinski definition) is 3. The molecule has 0 aliphatic heterocycles. The zero-order valence-corrected chi connectivity index (χ0v) is 6.99. The molecule has 3 nitrogen and oxygen atoms in total. The summed E-state index contributed by atoms with van der Waals surface area (Å²) in [5, 5.41) is 0. The van der Waals surface area contributed by atoms with Gasteiger partial charge >= 0.3 is 6.01 Å². The standard InChI is InChI=1S/C5H5IN2O/c1-9-5-7-2-4(6)3-8-5/h2-3H,1H3. The quantitative estimate of drug-likeness (QED) is 0.684. The van der Waals surface area contributed by atoms with Gasteiger partial charge in [-0.2, -0.15) is 0 Å². The zero-order valence-electron chi connectivity index (χ0n) is 4.84. The van der Waals surface area contributed by atoms with E-state index in [1.165, 1.54) is 0 Å². The van der Waals surface area contributed by atoms with Crippen LogP contribution in [0.3, 0.4) is 0 Å². The Morgan fingerprint density at radius 1 is 1.44 bits per heavy atom. The van der Waals surface area contributed by atoms with Crippen LogP contribution in [0.15, 0.2) is 12.4 Å². The molecule has 0 saturated heterocycles. The molecular formula is C5H5IN2O. The summed E-state index contributed by atoms with van der Waals surface area (Å²) in [6.45, 7) is 0. The van der Waals surface area contributed by atoms with Crippen LogP contribution in [0.5, 0.6) is 6.01 Å². The first kappa shape index (κ1) is 6.73. The van der Waals surface area contributed by atoms with Gasteiger partial charge in [0.1, 0.15) is 0 Å². The highest BCUT2D eigenvalue weighted by molar-refractivity contribution is 14.1. The minimum absolute atomic E-state index is 0.412. The molecule has 1 aromatic heterocycles. The third-order valence-corrected chi connectivity index (χ3v) is 1.34. The van der Waals surface area contributed by atoms with E-state index in [0.29, 0.717) is 6.01 Å². The van der Waals surface area contributed by atoms with Crippen molar-refractivity contribution in [1.29, 1.82) is 0 Å². The van der Waals surface area contributed by atoms with E-state index >= 15 is 0 Å². The van der Waals surface area contributed by atoms with E-state index in [-0.39, 0.29) is 0 Å². The Morgan fingerprint density at radius 2 is 2.00 bits per heavy atom. The Labute approximate surface area is 66.6 Å². The lowest BCUT2D eigenvalue weighted by atomic mass is 10.7. The number of hydrogen-bond donors (Lipinski definition) is 0. The van der Waals surface area contributed by atoms with Gasteiger partial charge in [0.2, 0.25) is 0 Å². The molecule has 4 heteroatoms. The molecule has 0 aliphatic carbocycles. The number of halogens is 1. The average Bonchev–Trinajstić information content (AvgIpc) is 1.90. The van der Waals surface area contributed by atoms with Crippen LogP contribution in [0.4, 0.5) is 0 Å². The third-order valence-electron chi connectivity index (χ3n) is 0.779. The molecule has 0 atom stereocenters. The summed E-state index contributed by atoms with van der Waals surface area (Å²) in [5.74, 6) is 0. The van der Waals surface area contributed by atoms with E-state index in [1.807, 2.05) is 0 Å². The molecule has 0 fully saturated rings. The summed E-state index contributed by atoms with van der Waals surface area (Å²) in [7, 11) is 1.54. The van der Waals surface area contributed by atoms with Crippen molar-refractivity contribution >= 4 is 22.6 Å². The van der Waals surface area contributed by atoms with Crippen LogP contribution >= 0.6 is 22.6 Å². The van der Waals surface area contributed by atoms with Gasteiger partial charge < -0.3 is 4.74 Å². The summed E-state index contributed by atoms with van der Waals surface area (Å²) >= 11 is 2.13. The maximum atomic E-state index is 4.74. The monoisotopic (exact) mass is 236 g/mol. The molecule has 0 N–H and O–H groups in total. The fourth-order valence-corrected chi connectivity index (χ4v) is 0.684. The van der Waals surface area contributed by atoms with Crippen LogP contribution < -0.4 is 4.74 Å². The molecular weight excluding hydrogens is 231 g/mol. The number of ether oxygens (including phenoxy) is 1. The minimum atomic E-state index is 0.412. The third kappa shape index (κ3) is 1.78. The highest BCUT2D eigenvalue weighted by atomic mass is 127. The van der Waals surface area contributed by atoms with E-state index in [2.05, 4.69) is 32.6 Å². The topological polar surface area (TPSA) is 35.0 Å². The second-order valence-electron chi connectivity index (χ2n) is 1.39. The Kier molecular flexibility index (Phi) is 2.21. The van der Waals surface area contributed by atoms with E-state index in [0.717, 1.165) is 3.57 Å². The first-order chi connectivity index (χ1) is 4.33. The van der Waals surface area contributed by atoms with Gasteiger partial charge in [0, 0.05) is 16.0 Å². The Bertz CT molecular complexity index is 187. The van der Waals surface area contributed by atoms with Crippen molar-refractivity contribution in [3.8, 4) is 6.01 Å². The van der Waals surface area contributed by atoms with Gasteiger partial charge in [-0.05, 0) is 22.6 Å². The minimum Gasteiger partial charge on any atom is -0.467 e. The van der Waals surface area contributed by atoms with Crippen molar-refractivity contribution in [2.45, 2.75) is 0 Å². The van der Waals surface area contributed by atoms with Crippen LogP contribution in [0.1, 0.15) is 0 Å². The molecule has 1 rings (SSSR count). The van der Waals surface area contributed by atoms with Crippen LogP contribution in [0.25, 0.3) is 0 Å². The molecule has 0 saturated carbocycles. The molecule has 0 unspecified atom stereocenters. The van der Waals surface area contributed by atoms with Crippen molar-refractivity contribution in [3.05, 3.63) is 16.0 Å². The molecule has 0 bridgehead atoms. The summed E-state index contributed by atoms with van der Waals surface area (Å²) in [5.41, 5.74) is 0. The van der Waals surface area contributed by atoms with Gasteiger partial charge in [-0.15, -0.1) is 0 Å². The van der Waals surface area contributed by atoms with Gasteiger partial charge in [-0.1, -0.05) is 0 Å². The lowest BCUT2D eigenvalue weighted by molar-refractivity contribution is 0.379. The van der Waals surface area contributed by atoms with Crippen LogP contribution in [-0.2, 0) is 0 Å². The second kappa shape index (κ2) is 2.95. The van der Waals surface area contributed by atoms with Crippen LogP contribution in [0.2, 0.25) is 0 Å². The highest BCUT2D eigenvalue weighted by Crippen LogP contribution is 2.02. The number of nitrogens with zero attached hydrogens (tertiary/aromatic N) is 2. The summed E-state index contributed by atoms with van der Waals surface area (Å²) in [6.07, 6.45) is 3.40. The molecule has 0 spiro atoms. The maximum absolute atomic E-state index is 4.74. The first-order valence-electron chi connectivity index (χ1n) is 2.34. The predicted octanol–water partition coefficient (Wildman–Crippen LogP) is 1.09. The Hall–Kier alpha value is -0.390. The van der Waals surface area contributed by atoms with E-state index in [1.54, 1.807) is 19.5 Å². The zero-order chi connectivity index (χ0) is 6.69. The van der Waals surface area contributed by atoms with Gasteiger partial charge in [0.25, 0.3) is 0 Å².